The maximum absolute atomic E-state index is 4.01. The molecule has 0 saturated heterocycles. The first-order chi connectivity index (χ1) is 8.84. The molecule has 0 fully saturated rings. The first-order valence-electron chi connectivity index (χ1n) is 6.43. The van der Waals surface area contributed by atoms with Gasteiger partial charge >= 0.3 is 0 Å². The molecule has 0 aliphatic heterocycles. The second-order valence-electron chi connectivity index (χ2n) is 3.77. The lowest BCUT2D eigenvalue weighted by Crippen LogP contribution is -1.88. The van der Waals surface area contributed by atoms with Crippen LogP contribution in [0, 0.1) is 6.92 Å². The number of nitrogens with zero attached hydrogens (tertiary/aromatic N) is 1. The summed E-state index contributed by atoms with van der Waals surface area (Å²) in [7, 11) is 0. The van der Waals surface area contributed by atoms with Gasteiger partial charge in [-0.05, 0) is 43.2 Å². The van der Waals surface area contributed by atoms with Crippen molar-refractivity contribution >= 4 is 11.8 Å². The number of aryl methyl sites for hydroxylation is 2. The Bertz CT molecular complexity index is 423. The molecule has 96 valence electrons. The number of benzene rings is 1. The number of aromatic nitrogens is 1. The van der Waals surface area contributed by atoms with E-state index in [1.165, 1.54) is 16.0 Å². The minimum absolute atomic E-state index is 1.10. The van der Waals surface area contributed by atoms with Crippen molar-refractivity contribution in [3.05, 3.63) is 59.9 Å². The SMILES string of the molecule is CC.Cc1ccc(SCCc2ccncc2)cc1. The second-order valence-corrected chi connectivity index (χ2v) is 4.94. The molecule has 2 rings (SSSR count). The highest BCUT2D eigenvalue weighted by molar-refractivity contribution is 7.99. The van der Waals surface area contributed by atoms with Crippen molar-refractivity contribution in [2.24, 2.45) is 0 Å². The minimum Gasteiger partial charge on any atom is -0.265 e. The lowest BCUT2D eigenvalue weighted by molar-refractivity contribution is 1.13. The summed E-state index contributed by atoms with van der Waals surface area (Å²) in [6.07, 6.45) is 4.80. The topological polar surface area (TPSA) is 12.9 Å². The summed E-state index contributed by atoms with van der Waals surface area (Å²) in [5.41, 5.74) is 2.67. The van der Waals surface area contributed by atoms with Crippen molar-refractivity contribution in [3.63, 3.8) is 0 Å². The third kappa shape index (κ3) is 5.37. The average molecular weight is 259 g/mol. The van der Waals surface area contributed by atoms with Crippen LogP contribution in [0.2, 0.25) is 0 Å². The summed E-state index contributed by atoms with van der Waals surface area (Å²) in [5.74, 6) is 1.12. The van der Waals surface area contributed by atoms with Gasteiger partial charge in [-0.2, -0.15) is 0 Å². The van der Waals surface area contributed by atoms with E-state index < -0.39 is 0 Å². The summed E-state index contributed by atoms with van der Waals surface area (Å²) in [4.78, 5) is 5.36. The Morgan fingerprint density at radius 2 is 1.56 bits per heavy atom. The van der Waals surface area contributed by atoms with Crippen LogP contribution in [0.4, 0.5) is 0 Å². The fourth-order valence-electron chi connectivity index (χ4n) is 1.47. The third-order valence-electron chi connectivity index (χ3n) is 2.43. The molecule has 2 aromatic rings. The van der Waals surface area contributed by atoms with Gasteiger partial charge in [0, 0.05) is 23.0 Å². The Labute approximate surface area is 115 Å². The predicted octanol–water partition coefficient (Wildman–Crippen LogP) is 4.75. The highest BCUT2D eigenvalue weighted by Gasteiger charge is 1.95. The lowest BCUT2D eigenvalue weighted by Gasteiger charge is -2.02. The van der Waals surface area contributed by atoms with Crippen LogP contribution in [0.15, 0.2) is 53.7 Å². The summed E-state index contributed by atoms with van der Waals surface area (Å²) < 4.78 is 0. The van der Waals surface area contributed by atoms with Crippen LogP contribution in [0.25, 0.3) is 0 Å². The van der Waals surface area contributed by atoms with Gasteiger partial charge in [-0.25, -0.2) is 0 Å². The van der Waals surface area contributed by atoms with E-state index in [1.54, 1.807) is 0 Å². The van der Waals surface area contributed by atoms with Crippen LogP contribution in [-0.2, 0) is 6.42 Å². The Morgan fingerprint density at radius 3 is 2.17 bits per heavy atom. The minimum atomic E-state index is 1.10. The monoisotopic (exact) mass is 259 g/mol. The Hall–Kier alpha value is -1.28. The molecule has 0 amide bonds. The molecule has 0 aliphatic carbocycles. The van der Waals surface area contributed by atoms with E-state index in [0.29, 0.717) is 0 Å². The van der Waals surface area contributed by atoms with Gasteiger partial charge in [-0.1, -0.05) is 31.5 Å². The Balaban J connectivity index is 0.000000771. The van der Waals surface area contributed by atoms with E-state index in [9.17, 15) is 0 Å². The molecule has 0 atom stereocenters. The molecule has 0 unspecified atom stereocenters. The maximum atomic E-state index is 4.01. The van der Waals surface area contributed by atoms with Gasteiger partial charge in [0.05, 0.1) is 0 Å². The third-order valence-corrected chi connectivity index (χ3v) is 3.44. The van der Waals surface area contributed by atoms with Crippen LogP contribution >= 0.6 is 11.8 Å². The first kappa shape index (κ1) is 14.8. The predicted molar refractivity (Wildman–Crippen MR) is 81.2 cm³/mol. The molecular formula is C16H21NS. The lowest BCUT2D eigenvalue weighted by atomic mass is 10.2. The molecule has 0 saturated carbocycles. The molecule has 1 aromatic heterocycles. The number of hydrogen-bond acceptors (Lipinski definition) is 2. The summed E-state index contributed by atoms with van der Waals surface area (Å²) in [5, 5.41) is 0. The van der Waals surface area contributed by atoms with Crippen molar-refractivity contribution < 1.29 is 0 Å². The Kier molecular flexibility index (Phi) is 7.19. The molecule has 18 heavy (non-hydrogen) atoms. The molecule has 0 radical (unpaired) electrons. The van der Waals surface area contributed by atoms with Gasteiger partial charge in [0.15, 0.2) is 0 Å². The van der Waals surface area contributed by atoms with Gasteiger partial charge in [0.25, 0.3) is 0 Å². The maximum Gasteiger partial charge on any atom is 0.0270 e. The molecule has 1 nitrogen and oxygen atoms in total. The van der Waals surface area contributed by atoms with Crippen LogP contribution < -0.4 is 0 Å². The normalized spacial score (nSPS) is 9.50. The van der Waals surface area contributed by atoms with E-state index in [4.69, 9.17) is 0 Å². The zero-order valence-electron chi connectivity index (χ0n) is 11.4. The second kappa shape index (κ2) is 8.76. The van der Waals surface area contributed by atoms with E-state index in [0.717, 1.165) is 12.2 Å². The van der Waals surface area contributed by atoms with Gasteiger partial charge in [-0.15, -0.1) is 11.8 Å². The van der Waals surface area contributed by atoms with Crippen molar-refractivity contribution in [1.29, 1.82) is 0 Å². The van der Waals surface area contributed by atoms with Crippen molar-refractivity contribution in [2.75, 3.05) is 5.75 Å². The van der Waals surface area contributed by atoms with Crippen molar-refractivity contribution in [3.8, 4) is 0 Å². The quantitative estimate of drug-likeness (QED) is 0.735. The molecule has 0 bridgehead atoms. The smallest absolute Gasteiger partial charge is 0.0270 e. The van der Waals surface area contributed by atoms with Crippen LogP contribution in [0.3, 0.4) is 0 Å². The first-order valence-corrected chi connectivity index (χ1v) is 7.41. The molecule has 0 spiro atoms. The fraction of sp³-hybridized carbons (Fsp3) is 0.312. The molecule has 2 heteroatoms. The van der Waals surface area contributed by atoms with Gasteiger partial charge in [-0.3, -0.25) is 4.98 Å². The van der Waals surface area contributed by atoms with E-state index in [1.807, 2.05) is 38.0 Å². The van der Waals surface area contributed by atoms with Crippen LogP contribution in [0.1, 0.15) is 25.0 Å². The molecular weight excluding hydrogens is 238 g/mol. The molecule has 1 aromatic carbocycles. The van der Waals surface area contributed by atoms with Crippen molar-refractivity contribution in [1.82, 2.24) is 4.98 Å². The van der Waals surface area contributed by atoms with Crippen molar-refractivity contribution in [2.45, 2.75) is 32.1 Å². The van der Waals surface area contributed by atoms with Gasteiger partial charge in [0.1, 0.15) is 0 Å². The molecule has 0 N–H and O–H groups in total. The largest absolute Gasteiger partial charge is 0.265 e. The summed E-state index contributed by atoms with van der Waals surface area (Å²) in [6, 6.07) is 12.9. The Morgan fingerprint density at radius 1 is 0.944 bits per heavy atom. The summed E-state index contributed by atoms with van der Waals surface area (Å²) in [6.45, 7) is 6.12. The number of hydrogen-bond donors (Lipinski definition) is 0. The molecule has 0 aliphatic rings. The average Bonchev–Trinajstić information content (AvgIpc) is 2.44. The standard InChI is InChI=1S/C14H15NS.C2H6/c1-12-2-4-14(5-3-12)16-11-8-13-6-9-15-10-7-13;1-2/h2-7,9-10H,8,11H2,1H3;1-2H3. The van der Waals surface area contributed by atoms with Crippen LogP contribution in [-0.4, -0.2) is 10.7 Å². The number of pyridine rings is 1. The van der Waals surface area contributed by atoms with Gasteiger partial charge in [0.2, 0.25) is 0 Å². The summed E-state index contributed by atoms with van der Waals surface area (Å²) >= 11 is 1.90. The van der Waals surface area contributed by atoms with E-state index in [2.05, 4.69) is 48.3 Å². The zero-order chi connectivity index (χ0) is 13.2. The molecule has 1 heterocycles. The van der Waals surface area contributed by atoms with Gasteiger partial charge < -0.3 is 0 Å². The highest BCUT2D eigenvalue weighted by Crippen LogP contribution is 2.19. The van der Waals surface area contributed by atoms with E-state index in [-0.39, 0.29) is 0 Å². The van der Waals surface area contributed by atoms with Crippen LogP contribution in [0.5, 0.6) is 0 Å². The highest BCUT2D eigenvalue weighted by atomic mass is 32.2. The fourth-order valence-corrected chi connectivity index (χ4v) is 2.37. The number of rotatable bonds is 4. The van der Waals surface area contributed by atoms with E-state index >= 15 is 0 Å². The number of thioether (sulfide) groups is 1. The zero-order valence-corrected chi connectivity index (χ0v) is 12.2.